The van der Waals surface area contributed by atoms with E-state index in [1.807, 2.05) is 110 Å². The van der Waals surface area contributed by atoms with Gasteiger partial charge in [0.25, 0.3) is 11.8 Å². The van der Waals surface area contributed by atoms with Crippen LogP contribution in [0.2, 0.25) is 0 Å². The highest BCUT2D eigenvalue weighted by Crippen LogP contribution is 2.37. The molecular weight excluding hydrogens is 883 g/mol. The van der Waals surface area contributed by atoms with Crippen molar-refractivity contribution in [1.82, 2.24) is 34.8 Å². The number of carbonyl (C=O) groups is 2. The van der Waals surface area contributed by atoms with Crippen LogP contribution in [0.1, 0.15) is 69.4 Å². The van der Waals surface area contributed by atoms with Crippen LogP contribution in [-0.4, -0.2) is 46.6 Å². The minimum absolute atomic E-state index is 0.201. The summed E-state index contributed by atoms with van der Waals surface area (Å²) in [6.07, 6.45) is 6.27. The van der Waals surface area contributed by atoms with E-state index < -0.39 is 6.04 Å². The number of aromatic nitrogens is 6. The second-order valence-electron chi connectivity index (χ2n) is 15.7. The third-order valence-corrected chi connectivity index (χ3v) is 11.9. The zero-order valence-corrected chi connectivity index (χ0v) is 38.2. The number of aryl methyl sites for hydroxylation is 1. The Morgan fingerprint density at radius 3 is 1.26 bits per heavy atom. The van der Waals surface area contributed by atoms with Crippen LogP contribution in [0.25, 0.3) is 66.5 Å². The number of imide groups is 1. The summed E-state index contributed by atoms with van der Waals surface area (Å²) in [4.78, 5) is 55.0. The molecule has 7 heterocycles. The number of alkyl halides is 1. The third-order valence-electron chi connectivity index (χ3n) is 11.5. The van der Waals surface area contributed by atoms with Gasteiger partial charge in [0, 0.05) is 41.0 Å². The fourth-order valence-corrected chi connectivity index (χ4v) is 8.56. The van der Waals surface area contributed by atoms with Crippen LogP contribution in [0, 0.1) is 0 Å². The fourth-order valence-electron chi connectivity index (χ4n) is 8.21. The van der Waals surface area contributed by atoms with Crippen LogP contribution in [0.15, 0.2) is 188 Å². The maximum atomic E-state index is 13.0. The van der Waals surface area contributed by atoms with Crippen LogP contribution >= 0.6 is 15.9 Å². The van der Waals surface area contributed by atoms with Crippen LogP contribution in [0.4, 0.5) is 0 Å². The number of amides is 2. The summed E-state index contributed by atoms with van der Waals surface area (Å²) in [6.45, 7) is 6.08. The van der Waals surface area contributed by atoms with Gasteiger partial charge in [-0.3, -0.25) is 34.4 Å². The monoisotopic (exact) mass is 925 g/mol. The Kier molecular flexibility index (Phi) is 12.8. The summed E-state index contributed by atoms with van der Waals surface area (Å²) >= 11 is 3.63. The van der Waals surface area contributed by atoms with Crippen molar-refractivity contribution in [1.29, 1.82) is 0 Å². The molecule has 1 aliphatic rings. The lowest BCUT2D eigenvalue weighted by molar-refractivity contribution is 0.0593. The molecule has 0 saturated carbocycles. The van der Waals surface area contributed by atoms with E-state index in [0.29, 0.717) is 16.8 Å². The van der Waals surface area contributed by atoms with E-state index in [0.717, 1.165) is 67.6 Å². The molecule has 9 nitrogen and oxygen atoms in total. The van der Waals surface area contributed by atoms with Crippen LogP contribution < -0.4 is 0 Å². The molecule has 10 aromatic rings. The van der Waals surface area contributed by atoms with Crippen LogP contribution in [0.3, 0.4) is 0 Å². The molecule has 0 spiro atoms. The predicted molar refractivity (Wildman–Crippen MR) is 267 cm³/mol. The Balaban J connectivity index is 0.000000130. The minimum Gasteiger partial charge on any atom is -0.269 e. The molecular formula is C56H44BrN7O2. The first-order valence-electron chi connectivity index (χ1n) is 21.8. The smallest absolute Gasteiger partial charge is 0.262 e. The number of pyridine rings is 6. The Labute approximate surface area is 391 Å². The molecule has 0 saturated heterocycles. The van der Waals surface area contributed by atoms with Gasteiger partial charge >= 0.3 is 0 Å². The number of carbonyl (C=O) groups excluding carboxylic acids is 2. The average molecular weight is 927 g/mol. The van der Waals surface area contributed by atoms with E-state index >= 15 is 0 Å². The topological polar surface area (TPSA) is 115 Å². The van der Waals surface area contributed by atoms with Crippen molar-refractivity contribution in [2.24, 2.45) is 0 Å². The highest BCUT2D eigenvalue weighted by molar-refractivity contribution is 9.09. The molecule has 0 fully saturated rings. The molecule has 1 aliphatic heterocycles. The van der Waals surface area contributed by atoms with Gasteiger partial charge in [0.05, 0.1) is 66.5 Å². The summed E-state index contributed by atoms with van der Waals surface area (Å²) in [5.41, 5.74) is 15.5. The normalized spacial score (nSPS) is 12.8. The maximum absolute atomic E-state index is 13.0. The number of rotatable bonds is 7. The number of fused-ring (bicyclic) bond motifs is 4. The molecule has 11 rings (SSSR count). The summed E-state index contributed by atoms with van der Waals surface area (Å²) in [5.74, 6) is -0.574. The standard InChI is InChI=1S/C24H17N3O2.C16H13BrN2.C16H14N2/c1-15(27-23(28)17-10-5-6-11-18(17)24(27)29)22-19(16-8-3-2-4-9-16)14-21-20(26-22)12-7-13-25-21;1-11(17)16-13(12-6-3-2-4-7-12)10-15-14(19-16)8-5-9-18-15;1-2-14-13(12-7-4-3-5-8-12)11-16-15(18-14)9-6-10-17-16/h2-15H,1H3;2-11H,1H3;3-11H,2H2,1H3. The lowest BCUT2D eigenvalue weighted by Gasteiger charge is -2.24. The number of benzene rings is 4. The number of hydrogen-bond donors (Lipinski definition) is 0. The summed E-state index contributed by atoms with van der Waals surface area (Å²) in [6, 6.07) is 54.7. The molecule has 2 amide bonds. The molecule has 0 aliphatic carbocycles. The highest BCUT2D eigenvalue weighted by Gasteiger charge is 2.40. The van der Waals surface area contributed by atoms with E-state index in [1.165, 1.54) is 21.6 Å². The molecule has 2 unspecified atom stereocenters. The van der Waals surface area contributed by atoms with Crippen molar-refractivity contribution in [2.75, 3.05) is 0 Å². The van der Waals surface area contributed by atoms with Gasteiger partial charge in [-0.2, -0.15) is 0 Å². The van der Waals surface area contributed by atoms with E-state index in [1.54, 1.807) is 36.7 Å². The van der Waals surface area contributed by atoms with Gasteiger partial charge in [0.2, 0.25) is 0 Å². The van der Waals surface area contributed by atoms with Gasteiger partial charge in [0.15, 0.2) is 0 Å². The Bertz CT molecular complexity index is 3320. The summed E-state index contributed by atoms with van der Waals surface area (Å²) in [7, 11) is 0. The number of hydrogen-bond acceptors (Lipinski definition) is 8. The van der Waals surface area contributed by atoms with Gasteiger partial charge in [0.1, 0.15) is 0 Å². The van der Waals surface area contributed by atoms with Gasteiger partial charge in [-0.25, -0.2) is 9.97 Å². The molecule has 322 valence electrons. The second kappa shape index (κ2) is 19.5. The Morgan fingerprint density at radius 2 is 0.818 bits per heavy atom. The van der Waals surface area contributed by atoms with Gasteiger partial charge in [-0.1, -0.05) is 126 Å². The van der Waals surface area contributed by atoms with Crippen LogP contribution in [0.5, 0.6) is 0 Å². The van der Waals surface area contributed by atoms with E-state index in [2.05, 4.69) is 93.3 Å². The second-order valence-corrected chi connectivity index (χ2v) is 17.1. The summed E-state index contributed by atoms with van der Waals surface area (Å²) in [5, 5.41) is 0. The molecule has 0 bridgehead atoms. The third kappa shape index (κ3) is 8.96. The first-order chi connectivity index (χ1) is 32.3. The first kappa shape index (κ1) is 43.4. The van der Waals surface area contributed by atoms with Crippen molar-refractivity contribution in [3.8, 4) is 33.4 Å². The fraction of sp³-hybridized carbons (Fsp3) is 0.107. The minimum atomic E-state index is -0.526. The maximum Gasteiger partial charge on any atom is 0.262 e. The van der Waals surface area contributed by atoms with Gasteiger partial charge in [-0.15, -0.1) is 0 Å². The Morgan fingerprint density at radius 1 is 0.439 bits per heavy atom. The number of halogens is 1. The molecule has 4 aromatic carbocycles. The van der Waals surface area contributed by atoms with Gasteiger partial charge in [-0.05, 0) is 104 Å². The first-order valence-corrected chi connectivity index (χ1v) is 22.7. The molecule has 66 heavy (non-hydrogen) atoms. The molecule has 0 N–H and O–H groups in total. The van der Waals surface area contributed by atoms with Crippen molar-refractivity contribution >= 4 is 60.8 Å². The number of nitrogens with zero attached hydrogens (tertiary/aromatic N) is 7. The predicted octanol–water partition coefficient (Wildman–Crippen LogP) is 13.3. The van der Waals surface area contributed by atoms with Gasteiger partial charge < -0.3 is 0 Å². The highest BCUT2D eigenvalue weighted by atomic mass is 79.9. The largest absolute Gasteiger partial charge is 0.269 e. The quantitative estimate of drug-likeness (QED) is 0.115. The van der Waals surface area contributed by atoms with Crippen LogP contribution in [-0.2, 0) is 6.42 Å². The van der Waals surface area contributed by atoms with Crippen molar-refractivity contribution in [2.45, 2.75) is 38.1 Å². The van der Waals surface area contributed by atoms with E-state index in [4.69, 9.17) is 15.0 Å². The molecule has 0 radical (unpaired) electrons. The SMILES string of the molecule is CC(Br)c1nc2cccnc2cc1-c1ccccc1.CC(c1nc2cccnc2cc1-c1ccccc1)N1C(=O)c2ccccc2C1=O.CCc1nc2cccnc2cc1-c1ccccc1. The van der Waals surface area contributed by atoms with E-state index in [-0.39, 0.29) is 16.6 Å². The molecule has 10 heteroatoms. The van der Waals surface area contributed by atoms with E-state index in [9.17, 15) is 9.59 Å². The molecule has 2 atom stereocenters. The van der Waals surface area contributed by atoms with Crippen molar-refractivity contribution in [3.05, 3.63) is 217 Å². The lowest BCUT2D eigenvalue weighted by Crippen LogP contribution is -2.33. The summed E-state index contributed by atoms with van der Waals surface area (Å²) < 4.78 is 0. The molecule has 6 aromatic heterocycles. The average Bonchev–Trinajstić information content (AvgIpc) is 3.64. The van der Waals surface area contributed by atoms with Crippen molar-refractivity contribution < 1.29 is 9.59 Å². The Hall–Kier alpha value is -7.82. The lowest BCUT2D eigenvalue weighted by atomic mass is 9.98. The zero-order valence-electron chi connectivity index (χ0n) is 36.6. The zero-order chi connectivity index (χ0) is 45.6. The van der Waals surface area contributed by atoms with Crippen molar-refractivity contribution in [3.63, 3.8) is 0 Å².